The highest BCUT2D eigenvalue weighted by molar-refractivity contribution is 5.87. The molecule has 4 heteroatoms. The van der Waals surface area contributed by atoms with E-state index in [1.807, 2.05) is 30.3 Å². The lowest BCUT2D eigenvalue weighted by Gasteiger charge is -2.71. The molecule has 0 amide bonds. The molecule has 6 rings (SSSR count). The number of benzene rings is 1. The van der Waals surface area contributed by atoms with Crippen LogP contribution >= 0.6 is 0 Å². The molecule has 1 N–H and O–H groups in total. The molecule has 0 aromatic heterocycles. The van der Waals surface area contributed by atoms with Crippen molar-refractivity contribution in [1.29, 1.82) is 0 Å². The number of nitrogens with one attached hydrogen (secondary N) is 1. The summed E-state index contributed by atoms with van der Waals surface area (Å²) in [6.07, 6.45) is 16.2. The Hall–Kier alpha value is -2.07. The monoisotopic (exact) mass is 601 g/mol. The molecule has 9 atom stereocenters. The zero-order valence-corrected chi connectivity index (χ0v) is 28.8. The second-order valence-electron chi connectivity index (χ2n) is 17.0. The minimum atomic E-state index is -0.229. The summed E-state index contributed by atoms with van der Waals surface area (Å²) in [6.45, 7) is 21.6. The van der Waals surface area contributed by atoms with E-state index in [4.69, 9.17) is 9.47 Å². The Morgan fingerprint density at radius 3 is 2.39 bits per heavy atom. The molecule has 5 aliphatic rings. The number of allylic oxidation sites excluding steroid dienone is 1. The van der Waals surface area contributed by atoms with E-state index in [0.717, 1.165) is 36.1 Å². The molecule has 4 aliphatic carbocycles. The molecule has 5 fully saturated rings. The van der Waals surface area contributed by atoms with E-state index in [1.165, 1.54) is 63.4 Å². The summed E-state index contributed by atoms with van der Waals surface area (Å²) in [5, 5.41) is 3.96. The van der Waals surface area contributed by atoms with E-state index in [9.17, 15) is 4.79 Å². The first kappa shape index (κ1) is 31.9. The van der Waals surface area contributed by atoms with E-state index in [-0.39, 0.29) is 16.9 Å². The summed E-state index contributed by atoms with van der Waals surface area (Å²) < 4.78 is 11.4. The topological polar surface area (TPSA) is 47.6 Å². The first-order valence-corrected chi connectivity index (χ1v) is 17.7. The van der Waals surface area contributed by atoms with E-state index < -0.39 is 0 Å². The third-order valence-electron chi connectivity index (χ3n) is 14.9. The molecular formula is C40H59NO3. The molecular weight excluding hydrogens is 542 g/mol. The first-order valence-electron chi connectivity index (χ1n) is 17.7. The van der Waals surface area contributed by atoms with Crippen LogP contribution in [0.25, 0.3) is 6.08 Å². The summed E-state index contributed by atoms with van der Waals surface area (Å²) in [7, 11) is 1.66. The van der Waals surface area contributed by atoms with Crippen LogP contribution in [0.5, 0.6) is 5.75 Å². The molecule has 0 unspecified atom stereocenters. The maximum Gasteiger partial charge on any atom is 0.330 e. The number of hydrogen-bond acceptors (Lipinski definition) is 4. The van der Waals surface area contributed by atoms with Crippen LogP contribution in [0.2, 0.25) is 0 Å². The van der Waals surface area contributed by atoms with Gasteiger partial charge in [0.25, 0.3) is 0 Å². The van der Waals surface area contributed by atoms with E-state index in [0.29, 0.717) is 40.6 Å². The van der Waals surface area contributed by atoms with E-state index in [1.54, 1.807) is 13.2 Å². The first-order chi connectivity index (χ1) is 20.8. The van der Waals surface area contributed by atoms with Crippen molar-refractivity contribution in [1.82, 2.24) is 5.32 Å². The predicted molar refractivity (Wildman–Crippen MR) is 180 cm³/mol. The fourth-order valence-corrected chi connectivity index (χ4v) is 12.6. The molecule has 0 radical (unpaired) electrons. The Morgan fingerprint density at radius 2 is 1.68 bits per heavy atom. The lowest BCUT2D eigenvalue weighted by molar-refractivity contribution is -0.227. The van der Waals surface area contributed by atoms with E-state index >= 15 is 0 Å². The molecule has 1 aromatic rings. The van der Waals surface area contributed by atoms with Gasteiger partial charge in [-0.1, -0.05) is 45.1 Å². The molecule has 1 saturated heterocycles. The normalized spacial score (nSPS) is 42.8. The number of carbonyl (C=O) groups is 1. The van der Waals surface area contributed by atoms with Crippen molar-refractivity contribution >= 4 is 12.0 Å². The maximum atomic E-state index is 13.1. The Kier molecular flexibility index (Phi) is 8.20. The van der Waals surface area contributed by atoms with Gasteiger partial charge in [-0.2, -0.15) is 0 Å². The van der Waals surface area contributed by atoms with Gasteiger partial charge in [0.05, 0.1) is 13.7 Å². The van der Waals surface area contributed by atoms with Crippen molar-refractivity contribution in [2.24, 2.45) is 51.2 Å². The SMILES string of the molecule is C=C(C)[C@@H]1CC[C@]2(COC(=O)/C=C/c3ccc(OC)cc3)CC[C@]3(C)[C@H](CC[C@@H]4[C@@]5(C)CCCNC(C)(C)[C@@H]5CC[C@]43C)[C@@H]12. The van der Waals surface area contributed by atoms with Crippen LogP contribution < -0.4 is 10.1 Å². The van der Waals surface area contributed by atoms with Crippen molar-refractivity contribution in [3.8, 4) is 5.75 Å². The molecule has 1 heterocycles. The number of hydrogen-bond donors (Lipinski definition) is 1. The molecule has 4 saturated carbocycles. The summed E-state index contributed by atoms with van der Waals surface area (Å²) in [5.74, 6) is 3.83. The largest absolute Gasteiger partial charge is 0.497 e. The average molecular weight is 602 g/mol. The Morgan fingerprint density at radius 1 is 0.932 bits per heavy atom. The third kappa shape index (κ3) is 4.92. The Balaban J connectivity index is 1.25. The van der Waals surface area contributed by atoms with Crippen molar-refractivity contribution in [2.45, 2.75) is 111 Å². The lowest BCUT2D eigenvalue weighted by Crippen LogP contribution is -2.66. The van der Waals surface area contributed by atoms with Crippen LogP contribution in [0.15, 0.2) is 42.5 Å². The van der Waals surface area contributed by atoms with Gasteiger partial charge in [-0.05, 0) is 161 Å². The Labute approximate surface area is 267 Å². The van der Waals surface area contributed by atoms with Crippen LogP contribution in [-0.2, 0) is 9.53 Å². The van der Waals surface area contributed by atoms with Gasteiger partial charge in [0.15, 0.2) is 0 Å². The summed E-state index contributed by atoms with van der Waals surface area (Å²) >= 11 is 0. The summed E-state index contributed by atoms with van der Waals surface area (Å²) in [4.78, 5) is 13.1. The summed E-state index contributed by atoms with van der Waals surface area (Å²) in [5.41, 5.74) is 3.61. The van der Waals surface area contributed by atoms with Gasteiger partial charge >= 0.3 is 5.97 Å². The molecule has 1 aliphatic heterocycles. The lowest BCUT2D eigenvalue weighted by atomic mass is 9.33. The molecule has 44 heavy (non-hydrogen) atoms. The standard InChI is InChI=1S/C40H59NO3/c1-27(2)30-18-22-40(26-44-34(42)17-12-28-10-13-29(43-8)14-11-28)24-23-38(6)31(35(30)40)15-16-33-37(5)20-9-25-41-36(3,4)32(37)19-21-39(33,38)7/h10-14,17,30-33,35,41H,1,9,15-16,18-26H2,2-8H3/b17-12+/t30-,31+,32-,33+,35+,37-,38+,39+,40+/m0/s1. The van der Waals surface area contributed by atoms with Gasteiger partial charge < -0.3 is 14.8 Å². The van der Waals surface area contributed by atoms with Crippen LogP contribution in [0.1, 0.15) is 111 Å². The van der Waals surface area contributed by atoms with Gasteiger partial charge in [-0.25, -0.2) is 4.79 Å². The zero-order chi connectivity index (χ0) is 31.5. The van der Waals surface area contributed by atoms with Crippen molar-refractivity contribution in [3.05, 3.63) is 48.1 Å². The van der Waals surface area contributed by atoms with E-state index in [2.05, 4.69) is 53.4 Å². The second kappa shape index (κ2) is 11.3. The number of rotatable bonds is 6. The molecule has 4 nitrogen and oxygen atoms in total. The molecule has 0 spiro atoms. The van der Waals surface area contributed by atoms with Crippen LogP contribution in [0.4, 0.5) is 0 Å². The smallest absolute Gasteiger partial charge is 0.330 e. The average Bonchev–Trinajstić information content (AvgIpc) is 3.32. The van der Waals surface area contributed by atoms with Crippen LogP contribution in [0, 0.1) is 51.2 Å². The minimum Gasteiger partial charge on any atom is -0.497 e. The molecule has 0 bridgehead atoms. The maximum absolute atomic E-state index is 13.1. The van der Waals surface area contributed by atoms with Crippen molar-refractivity contribution < 1.29 is 14.3 Å². The quantitative estimate of drug-likeness (QED) is 0.201. The highest BCUT2D eigenvalue weighted by Gasteiger charge is 2.70. The Bertz CT molecular complexity index is 1280. The number of methoxy groups -OCH3 is 1. The highest BCUT2D eigenvalue weighted by atomic mass is 16.5. The zero-order valence-electron chi connectivity index (χ0n) is 28.8. The van der Waals surface area contributed by atoms with Crippen LogP contribution in [-0.4, -0.2) is 31.8 Å². The number of carbonyl (C=O) groups excluding carboxylic acids is 1. The fraction of sp³-hybridized carbons (Fsp3) is 0.725. The molecule has 1 aromatic carbocycles. The van der Waals surface area contributed by atoms with Gasteiger partial charge in [0.1, 0.15) is 5.75 Å². The minimum absolute atomic E-state index is 0.0654. The van der Waals surface area contributed by atoms with Crippen molar-refractivity contribution in [3.63, 3.8) is 0 Å². The van der Waals surface area contributed by atoms with Crippen LogP contribution in [0.3, 0.4) is 0 Å². The fourth-order valence-electron chi connectivity index (χ4n) is 12.6. The van der Waals surface area contributed by atoms with Gasteiger partial charge in [-0.15, -0.1) is 0 Å². The predicted octanol–water partition coefficient (Wildman–Crippen LogP) is 9.25. The number of esters is 1. The van der Waals surface area contributed by atoms with Gasteiger partial charge in [0, 0.05) is 17.0 Å². The van der Waals surface area contributed by atoms with Gasteiger partial charge in [-0.3, -0.25) is 0 Å². The number of ether oxygens (including phenoxy) is 2. The van der Waals surface area contributed by atoms with Crippen molar-refractivity contribution in [2.75, 3.05) is 20.3 Å². The summed E-state index contributed by atoms with van der Waals surface area (Å²) in [6, 6.07) is 7.76. The third-order valence-corrected chi connectivity index (χ3v) is 14.9. The van der Waals surface area contributed by atoms with Gasteiger partial charge in [0.2, 0.25) is 0 Å². The number of fused-ring (bicyclic) bond motifs is 7. The molecule has 242 valence electrons. The highest BCUT2D eigenvalue weighted by Crippen LogP contribution is 2.76. The second-order valence-corrected chi connectivity index (χ2v) is 17.0.